The fourth-order valence-electron chi connectivity index (χ4n) is 1.81. The molecule has 1 rings (SSSR count). The number of nitrogens with zero attached hydrogens (tertiary/aromatic N) is 3. The van der Waals surface area contributed by atoms with Crippen molar-refractivity contribution < 1.29 is 9.53 Å². The zero-order chi connectivity index (χ0) is 17.0. The molecular weight excluding hydrogens is 282 g/mol. The van der Waals surface area contributed by atoms with Gasteiger partial charge in [-0.1, -0.05) is 19.1 Å². The molecule has 1 amide bonds. The molecule has 1 atom stereocenters. The zero-order valence-corrected chi connectivity index (χ0v) is 14.7. The van der Waals surface area contributed by atoms with Crippen LogP contribution in [0.3, 0.4) is 0 Å². The third-order valence-corrected chi connectivity index (χ3v) is 3.60. The first-order chi connectivity index (χ1) is 10.0. The van der Waals surface area contributed by atoms with Crippen LogP contribution in [0.5, 0.6) is 0 Å². The molecule has 0 aliphatic carbocycles. The number of hydrogen-bond acceptors (Lipinski definition) is 5. The van der Waals surface area contributed by atoms with Crippen LogP contribution in [-0.4, -0.2) is 38.8 Å². The minimum absolute atomic E-state index is 0.269. The monoisotopic (exact) mass is 311 g/mol. The minimum atomic E-state index is -0.495. The van der Waals surface area contributed by atoms with E-state index in [0.717, 1.165) is 5.69 Å². The lowest BCUT2D eigenvalue weighted by atomic mass is 9.88. The van der Waals surface area contributed by atoms with E-state index in [2.05, 4.69) is 41.7 Å². The van der Waals surface area contributed by atoms with Crippen LogP contribution in [0.1, 0.15) is 47.2 Å². The van der Waals surface area contributed by atoms with Crippen LogP contribution in [0.25, 0.3) is 0 Å². The summed E-state index contributed by atoms with van der Waals surface area (Å²) in [6.45, 7) is 12.9. The van der Waals surface area contributed by atoms with Crippen molar-refractivity contribution in [3.63, 3.8) is 0 Å². The lowest BCUT2D eigenvalue weighted by molar-refractivity contribution is 0.0503. The van der Waals surface area contributed by atoms with Gasteiger partial charge in [-0.25, -0.2) is 4.79 Å². The van der Waals surface area contributed by atoms with Crippen LogP contribution in [0.2, 0.25) is 0 Å². The third-order valence-electron chi connectivity index (χ3n) is 3.60. The molecule has 2 N–H and O–H groups in total. The number of nitrogens with one attached hydrogen (secondary N) is 2. The molecule has 7 nitrogen and oxygen atoms in total. The molecule has 0 radical (unpaired) electrons. The Morgan fingerprint density at radius 2 is 2.00 bits per heavy atom. The second-order valence-electron chi connectivity index (χ2n) is 7.16. The third kappa shape index (κ3) is 6.01. The lowest BCUT2D eigenvalue weighted by Gasteiger charge is -2.35. The maximum absolute atomic E-state index is 11.8. The Balaban J connectivity index is 2.57. The Labute approximate surface area is 132 Å². The Morgan fingerprint density at radius 1 is 1.36 bits per heavy atom. The SMILES string of the molecule is CC(C)[C@](C)(CNC(=O)OC(C)(C)C)NCc1cn(C)nn1. The van der Waals surface area contributed by atoms with Gasteiger partial charge >= 0.3 is 6.09 Å². The normalized spacial score (nSPS) is 14.7. The summed E-state index contributed by atoms with van der Waals surface area (Å²) >= 11 is 0. The van der Waals surface area contributed by atoms with E-state index in [-0.39, 0.29) is 5.54 Å². The summed E-state index contributed by atoms with van der Waals surface area (Å²) in [7, 11) is 1.84. The molecule has 1 aromatic heterocycles. The van der Waals surface area contributed by atoms with Crippen LogP contribution in [0, 0.1) is 5.92 Å². The van der Waals surface area contributed by atoms with Crippen LogP contribution in [0.15, 0.2) is 6.20 Å². The summed E-state index contributed by atoms with van der Waals surface area (Å²) in [4.78, 5) is 11.8. The van der Waals surface area contributed by atoms with E-state index >= 15 is 0 Å². The highest BCUT2D eigenvalue weighted by molar-refractivity contribution is 5.67. The first-order valence-electron chi connectivity index (χ1n) is 7.59. The van der Waals surface area contributed by atoms with Crippen LogP contribution in [-0.2, 0) is 18.3 Å². The maximum Gasteiger partial charge on any atom is 0.407 e. The van der Waals surface area contributed by atoms with Crippen molar-refractivity contribution in [3.05, 3.63) is 11.9 Å². The van der Waals surface area contributed by atoms with Crippen LogP contribution in [0.4, 0.5) is 4.79 Å². The molecule has 0 spiro atoms. The molecule has 7 heteroatoms. The summed E-state index contributed by atoms with van der Waals surface area (Å²) in [5.41, 5.74) is 0.103. The topological polar surface area (TPSA) is 81.1 Å². The summed E-state index contributed by atoms with van der Waals surface area (Å²) in [6, 6.07) is 0. The van der Waals surface area contributed by atoms with Crippen LogP contribution < -0.4 is 10.6 Å². The van der Waals surface area contributed by atoms with Gasteiger partial charge < -0.3 is 15.4 Å². The molecule has 0 aromatic carbocycles. The van der Waals surface area contributed by atoms with Crippen molar-refractivity contribution in [2.45, 2.75) is 59.2 Å². The molecule has 0 fully saturated rings. The van der Waals surface area contributed by atoms with Crippen molar-refractivity contribution in [1.82, 2.24) is 25.6 Å². The van der Waals surface area contributed by atoms with Gasteiger partial charge in [-0.05, 0) is 33.6 Å². The second kappa shape index (κ2) is 7.09. The van der Waals surface area contributed by atoms with Crippen molar-refractivity contribution in [2.24, 2.45) is 13.0 Å². The van der Waals surface area contributed by atoms with Gasteiger partial charge in [-0.2, -0.15) is 0 Å². The number of alkyl carbamates (subject to hydrolysis) is 1. The Morgan fingerprint density at radius 3 is 2.45 bits per heavy atom. The summed E-state index contributed by atoms with van der Waals surface area (Å²) < 4.78 is 6.94. The maximum atomic E-state index is 11.8. The number of hydrogen-bond donors (Lipinski definition) is 2. The molecule has 0 aliphatic heterocycles. The largest absolute Gasteiger partial charge is 0.444 e. The standard InChI is InChI=1S/C15H29N5O2/c1-11(2)15(6,10-16-13(21)22-14(3,4)5)17-8-12-9-20(7)19-18-12/h9,11,17H,8,10H2,1-7H3,(H,16,21)/t15-/m0/s1. The van der Waals surface area contributed by atoms with Crippen molar-refractivity contribution in [1.29, 1.82) is 0 Å². The van der Waals surface area contributed by atoms with Gasteiger partial charge in [0.1, 0.15) is 5.60 Å². The van der Waals surface area contributed by atoms with E-state index in [4.69, 9.17) is 4.74 Å². The van der Waals surface area contributed by atoms with Gasteiger partial charge in [0, 0.05) is 31.9 Å². The van der Waals surface area contributed by atoms with Gasteiger partial charge in [0.05, 0.1) is 5.69 Å². The molecule has 22 heavy (non-hydrogen) atoms. The van der Waals surface area contributed by atoms with E-state index in [1.165, 1.54) is 0 Å². The minimum Gasteiger partial charge on any atom is -0.444 e. The number of ether oxygens (including phenoxy) is 1. The zero-order valence-electron chi connectivity index (χ0n) is 14.7. The van der Waals surface area contributed by atoms with E-state index in [1.54, 1.807) is 4.68 Å². The molecule has 126 valence electrons. The Hall–Kier alpha value is -1.63. The van der Waals surface area contributed by atoms with E-state index in [0.29, 0.717) is 19.0 Å². The van der Waals surface area contributed by atoms with E-state index < -0.39 is 11.7 Å². The predicted molar refractivity (Wildman–Crippen MR) is 85.3 cm³/mol. The van der Waals surface area contributed by atoms with Crippen LogP contribution >= 0.6 is 0 Å². The second-order valence-corrected chi connectivity index (χ2v) is 7.16. The number of carbonyl (C=O) groups is 1. The van der Waals surface area contributed by atoms with Gasteiger partial charge in [0.2, 0.25) is 0 Å². The number of aromatic nitrogens is 3. The number of carbonyl (C=O) groups excluding carboxylic acids is 1. The molecule has 0 saturated carbocycles. The molecule has 1 heterocycles. The predicted octanol–water partition coefficient (Wildman–Crippen LogP) is 1.84. The summed E-state index contributed by atoms with van der Waals surface area (Å²) in [5.74, 6) is 0.319. The first kappa shape index (κ1) is 18.4. The van der Waals surface area contributed by atoms with Crippen molar-refractivity contribution >= 4 is 6.09 Å². The van der Waals surface area contributed by atoms with E-state index in [1.807, 2.05) is 34.0 Å². The molecule has 0 bridgehead atoms. The number of amides is 1. The smallest absolute Gasteiger partial charge is 0.407 e. The molecular formula is C15H29N5O2. The summed E-state index contributed by atoms with van der Waals surface area (Å²) in [6.07, 6.45) is 1.47. The average Bonchev–Trinajstić information content (AvgIpc) is 2.77. The highest BCUT2D eigenvalue weighted by atomic mass is 16.6. The van der Waals surface area contributed by atoms with Crippen molar-refractivity contribution in [2.75, 3.05) is 6.54 Å². The quantitative estimate of drug-likeness (QED) is 0.838. The molecule has 0 saturated heterocycles. The molecule has 0 unspecified atom stereocenters. The van der Waals surface area contributed by atoms with E-state index in [9.17, 15) is 4.79 Å². The Kier molecular flexibility index (Phi) is 5.93. The fraction of sp³-hybridized carbons (Fsp3) is 0.800. The molecule has 1 aromatic rings. The van der Waals surface area contributed by atoms with Gasteiger partial charge in [0.15, 0.2) is 0 Å². The average molecular weight is 311 g/mol. The van der Waals surface area contributed by atoms with Gasteiger partial charge in [0.25, 0.3) is 0 Å². The summed E-state index contributed by atoms with van der Waals surface area (Å²) in [5, 5.41) is 14.3. The highest BCUT2D eigenvalue weighted by Crippen LogP contribution is 2.16. The highest BCUT2D eigenvalue weighted by Gasteiger charge is 2.29. The Bertz CT molecular complexity index is 492. The van der Waals surface area contributed by atoms with Crippen molar-refractivity contribution in [3.8, 4) is 0 Å². The molecule has 0 aliphatic rings. The lowest BCUT2D eigenvalue weighted by Crippen LogP contribution is -2.55. The fourth-order valence-corrected chi connectivity index (χ4v) is 1.81. The van der Waals surface area contributed by atoms with Gasteiger partial charge in [-0.15, -0.1) is 5.10 Å². The number of rotatable bonds is 6. The first-order valence-corrected chi connectivity index (χ1v) is 7.59. The van der Waals surface area contributed by atoms with Gasteiger partial charge in [-0.3, -0.25) is 4.68 Å². The number of aryl methyl sites for hydroxylation is 1.